The van der Waals surface area contributed by atoms with Gasteiger partial charge >= 0.3 is 0 Å². The average Bonchev–Trinajstić information content (AvgIpc) is 2.45. The van der Waals surface area contributed by atoms with Gasteiger partial charge in [-0.15, -0.1) is 0 Å². The number of nitrogens with one attached hydrogen (secondary N) is 1. The molecule has 1 aromatic carbocycles. The Kier molecular flexibility index (Phi) is 7.23. The summed E-state index contributed by atoms with van der Waals surface area (Å²) in [6.07, 6.45) is 3.36. The van der Waals surface area contributed by atoms with Crippen molar-refractivity contribution in [3.63, 3.8) is 0 Å². The van der Waals surface area contributed by atoms with E-state index in [0.717, 1.165) is 19.3 Å². The van der Waals surface area contributed by atoms with Gasteiger partial charge in [0.1, 0.15) is 0 Å². The predicted molar refractivity (Wildman–Crippen MR) is 86.6 cm³/mol. The first-order valence-corrected chi connectivity index (χ1v) is 7.61. The van der Waals surface area contributed by atoms with Crippen LogP contribution >= 0.6 is 0 Å². The van der Waals surface area contributed by atoms with Gasteiger partial charge in [-0.3, -0.25) is 10.0 Å². The third-order valence-corrected chi connectivity index (χ3v) is 3.83. The summed E-state index contributed by atoms with van der Waals surface area (Å²) in [6, 6.07) is 8.68. The van der Waals surface area contributed by atoms with Gasteiger partial charge in [0.2, 0.25) is 5.91 Å². The largest absolute Gasteiger partial charge is 0.378 e. The van der Waals surface area contributed by atoms with E-state index in [0.29, 0.717) is 18.3 Å². The summed E-state index contributed by atoms with van der Waals surface area (Å²) < 4.78 is 0. The van der Waals surface area contributed by atoms with Crippen molar-refractivity contribution >= 4 is 11.6 Å². The molecule has 118 valence electrons. The summed E-state index contributed by atoms with van der Waals surface area (Å²) in [4.78, 5) is 13.1. The quantitative estimate of drug-likeness (QED) is 0.571. The van der Waals surface area contributed by atoms with Gasteiger partial charge in [-0.1, -0.05) is 26.0 Å². The highest BCUT2D eigenvalue weighted by Crippen LogP contribution is 2.21. The summed E-state index contributed by atoms with van der Waals surface area (Å²) in [5.41, 5.74) is 4.26. The Morgan fingerprint density at radius 2 is 1.81 bits per heavy atom. The second kappa shape index (κ2) is 8.67. The second-order valence-corrected chi connectivity index (χ2v) is 6.28. The number of carbonyl (C=O) groups excluding carboxylic acids is 1. The van der Waals surface area contributed by atoms with E-state index in [1.165, 1.54) is 11.3 Å². The lowest BCUT2D eigenvalue weighted by atomic mass is 9.89. The lowest BCUT2D eigenvalue weighted by molar-refractivity contribution is -0.129. The summed E-state index contributed by atoms with van der Waals surface area (Å²) in [7, 11) is 4.09. The number of benzene rings is 1. The SMILES string of the molecule is CC(CCC(=O)NO)CC(C)Cc1ccc(N(C)C)cc1. The van der Waals surface area contributed by atoms with Gasteiger partial charge in [0.05, 0.1) is 0 Å². The third-order valence-electron chi connectivity index (χ3n) is 3.83. The van der Waals surface area contributed by atoms with Gasteiger partial charge in [0.25, 0.3) is 0 Å². The van der Waals surface area contributed by atoms with Crippen LogP contribution in [0.1, 0.15) is 38.7 Å². The van der Waals surface area contributed by atoms with Gasteiger partial charge in [-0.25, -0.2) is 5.48 Å². The lowest BCUT2D eigenvalue weighted by Crippen LogP contribution is -2.19. The van der Waals surface area contributed by atoms with Crippen molar-refractivity contribution in [1.29, 1.82) is 0 Å². The highest BCUT2D eigenvalue weighted by Gasteiger charge is 2.11. The first-order valence-electron chi connectivity index (χ1n) is 7.61. The normalized spacial score (nSPS) is 13.6. The zero-order valence-corrected chi connectivity index (χ0v) is 13.6. The molecule has 0 fully saturated rings. The van der Waals surface area contributed by atoms with Gasteiger partial charge in [0.15, 0.2) is 0 Å². The Balaban J connectivity index is 2.38. The van der Waals surface area contributed by atoms with Gasteiger partial charge < -0.3 is 4.90 Å². The van der Waals surface area contributed by atoms with Crippen molar-refractivity contribution in [1.82, 2.24) is 5.48 Å². The molecule has 0 saturated carbocycles. The molecule has 0 heterocycles. The van der Waals surface area contributed by atoms with Crippen LogP contribution < -0.4 is 10.4 Å². The van der Waals surface area contributed by atoms with Crippen LogP contribution in [-0.2, 0) is 11.2 Å². The summed E-state index contributed by atoms with van der Waals surface area (Å²) in [5.74, 6) is 0.773. The zero-order valence-electron chi connectivity index (χ0n) is 13.6. The highest BCUT2D eigenvalue weighted by atomic mass is 16.5. The minimum atomic E-state index is -0.297. The molecule has 21 heavy (non-hydrogen) atoms. The summed E-state index contributed by atoms with van der Waals surface area (Å²) in [5, 5.41) is 8.48. The van der Waals surface area contributed by atoms with Crippen molar-refractivity contribution in [3.8, 4) is 0 Å². The van der Waals surface area contributed by atoms with E-state index in [1.54, 1.807) is 5.48 Å². The number of amides is 1. The standard InChI is InChI=1S/C17H28N2O2/c1-13(5-10-17(20)18-21)11-14(2)12-15-6-8-16(9-7-15)19(3)4/h6-9,13-14,21H,5,10-12H2,1-4H3,(H,18,20). The number of hydrogen-bond acceptors (Lipinski definition) is 3. The van der Waals surface area contributed by atoms with Crippen molar-refractivity contribution in [2.45, 2.75) is 39.5 Å². The first-order chi connectivity index (χ1) is 9.92. The number of carbonyl (C=O) groups is 1. The fraction of sp³-hybridized carbons (Fsp3) is 0.588. The average molecular weight is 292 g/mol. The van der Waals surface area contributed by atoms with Crippen LogP contribution in [0.15, 0.2) is 24.3 Å². The molecule has 0 aromatic heterocycles. The Hall–Kier alpha value is -1.55. The van der Waals surface area contributed by atoms with Gasteiger partial charge in [0, 0.05) is 26.2 Å². The number of hydroxylamine groups is 1. The maximum absolute atomic E-state index is 11.0. The van der Waals surface area contributed by atoms with Crippen molar-refractivity contribution in [2.24, 2.45) is 11.8 Å². The van der Waals surface area contributed by atoms with E-state index in [1.807, 2.05) is 14.1 Å². The predicted octanol–water partition coefficient (Wildman–Crippen LogP) is 3.24. The van der Waals surface area contributed by atoms with E-state index in [9.17, 15) is 4.79 Å². The maximum atomic E-state index is 11.0. The molecule has 0 spiro atoms. The van der Waals surface area contributed by atoms with Crippen molar-refractivity contribution in [2.75, 3.05) is 19.0 Å². The van der Waals surface area contributed by atoms with Crippen LogP contribution in [0.4, 0.5) is 5.69 Å². The molecule has 4 heteroatoms. The molecule has 1 rings (SSSR count). The maximum Gasteiger partial charge on any atom is 0.243 e. The molecule has 1 aromatic rings. The first kappa shape index (κ1) is 17.5. The molecular weight excluding hydrogens is 264 g/mol. The molecule has 1 amide bonds. The lowest BCUT2D eigenvalue weighted by Gasteiger charge is -2.18. The molecule has 2 atom stereocenters. The van der Waals surface area contributed by atoms with Crippen LogP contribution in [-0.4, -0.2) is 25.2 Å². The molecule has 4 nitrogen and oxygen atoms in total. The monoisotopic (exact) mass is 292 g/mol. The minimum absolute atomic E-state index is 0.297. The van der Waals surface area contributed by atoms with Crippen molar-refractivity contribution < 1.29 is 10.0 Å². The van der Waals surface area contributed by atoms with E-state index in [4.69, 9.17) is 5.21 Å². The fourth-order valence-corrected chi connectivity index (χ4v) is 2.65. The summed E-state index contributed by atoms with van der Waals surface area (Å²) in [6.45, 7) is 4.42. The van der Waals surface area contributed by atoms with Crippen LogP contribution in [0.25, 0.3) is 0 Å². The molecule has 0 bridgehead atoms. The van der Waals surface area contributed by atoms with Crippen LogP contribution in [0.5, 0.6) is 0 Å². The molecule has 2 N–H and O–H groups in total. The Bertz CT molecular complexity index is 429. The molecule has 0 aliphatic carbocycles. The number of anilines is 1. The molecular formula is C17H28N2O2. The summed E-state index contributed by atoms with van der Waals surface area (Å²) >= 11 is 0. The van der Waals surface area contributed by atoms with Crippen molar-refractivity contribution in [3.05, 3.63) is 29.8 Å². The van der Waals surface area contributed by atoms with E-state index in [-0.39, 0.29) is 5.91 Å². The van der Waals surface area contributed by atoms with E-state index in [2.05, 4.69) is 43.0 Å². The Morgan fingerprint density at radius 1 is 1.19 bits per heavy atom. The van der Waals surface area contributed by atoms with Gasteiger partial charge in [-0.2, -0.15) is 0 Å². The molecule has 0 aliphatic rings. The highest BCUT2D eigenvalue weighted by molar-refractivity contribution is 5.74. The van der Waals surface area contributed by atoms with Crippen LogP contribution in [0, 0.1) is 11.8 Å². The Morgan fingerprint density at radius 3 is 2.33 bits per heavy atom. The minimum Gasteiger partial charge on any atom is -0.378 e. The number of hydrogen-bond donors (Lipinski definition) is 2. The topological polar surface area (TPSA) is 52.6 Å². The molecule has 2 unspecified atom stereocenters. The second-order valence-electron chi connectivity index (χ2n) is 6.28. The number of rotatable bonds is 8. The van der Waals surface area contributed by atoms with Crippen LogP contribution in [0.2, 0.25) is 0 Å². The fourth-order valence-electron chi connectivity index (χ4n) is 2.65. The molecule has 0 radical (unpaired) electrons. The van der Waals surface area contributed by atoms with Crippen LogP contribution in [0.3, 0.4) is 0 Å². The molecule has 0 aliphatic heterocycles. The van der Waals surface area contributed by atoms with E-state index >= 15 is 0 Å². The van der Waals surface area contributed by atoms with E-state index < -0.39 is 0 Å². The Labute approximate surface area is 128 Å². The van der Waals surface area contributed by atoms with Gasteiger partial charge in [-0.05, 0) is 48.8 Å². The molecule has 0 saturated heterocycles. The number of nitrogens with zero attached hydrogens (tertiary/aromatic N) is 1. The zero-order chi connectivity index (χ0) is 15.8. The third kappa shape index (κ3) is 6.63. The smallest absolute Gasteiger partial charge is 0.243 e.